The van der Waals surface area contributed by atoms with E-state index in [9.17, 15) is 24.0 Å². The van der Waals surface area contributed by atoms with Crippen LogP contribution in [0.2, 0.25) is 0 Å². The normalized spacial score (nSPS) is 21.4. The van der Waals surface area contributed by atoms with E-state index in [4.69, 9.17) is 30.5 Å². The Morgan fingerprint density at radius 2 is 0.867 bits per heavy atom. The number of carbonyl (C=O) groups excluding carboxylic acids is 5. The number of amides is 4. The number of rotatable bonds is 3. The Morgan fingerprint density at radius 3 is 1.18 bits per heavy atom. The summed E-state index contributed by atoms with van der Waals surface area (Å²) >= 11 is 4.72. The minimum Gasteiger partial charge on any atom is -0.454 e. The molecule has 0 radical (unpaired) electrons. The second-order valence-corrected chi connectivity index (χ2v) is 19.6. The van der Waals surface area contributed by atoms with E-state index >= 15 is 0 Å². The Bertz CT molecular complexity index is 1370. The standard InChI is InChI=1S/C16H28N2O4.C13H24N2O2.C12H21NO2.C3H5ClO2/c1-5-21-13(19)18-11-8-16(12-18)6-9-17(10-7-16)14(20)22-15(2,3)4;1-12(2,3)17-11(16)15-8-5-13(6-9-15)4-7-14-10-13;1-2-15-11(14)13-9-8-12(10-13)6-4-3-5-7-12;1-2-6-3(4)5/h5-12H2,1-4H3;14H,4-10H2,1-3H3;2-10H2,1H3;2H2,1H3. The molecule has 6 fully saturated rings. The SMILES string of the molecule is CC(C)(C)OC(=O)N1CCC2(CCNC2)CC1.CCOC(=O)Cl.CCOC(=O)N1CCC2(CCCCC2)C1.CCOC(=O)N1CCC2(CCN(C(=O)OC(C)(C)C)CC2)C1. The summed E-state index contributed by atoms with van der Waals surface area (Å²) in [6, 6.07) is 0. The Balaban J connectivity index is 0.000000228. The average molecular weight is 873 g/mol. The van der Waals surface area contributed by atoms with Crippen molar-refractivity contribution in [3.8, 4) is 0 Å². The molecule has 1 aliphatic carbocycles. The first kappa shape index (κ1) is 51.2. The zero-order valence-corrected chi connectivity index (χ0v) is 39.2. The lowest BCUT2D eigenvalue weighted by Crippen LogP contribution is -2.46. The lowest BCUT2D eigenvalue weighted by Gasteiger charge is -2.39. The van der Waals surface area contributed by atoms with Crippen LogP contribution in [0, 0.1) is 16.2 Å². The van der Waals surface area contributed by atoms with Crippen molar-refractivity contribution in [2.24, 2.45) is 16.2 Å². The van der Waals surface area contributed by atoms with E-state index in [-0.39, 0.29) is 35.4 Å². The number of halogens is 1. The molecule has 6 rings (SSSR count). The highest BCUT2D eigenvalue weighted by Crippen LogP contribution is 2.44. The van der Waals surface area contributed by atoms with Crippen molar-refractivity contribution in [3.05, 3.63) is 0 Å². The van der Waals surface area contributed by atoms with E-state index in [0.717, 1.165) is 84.5 Å². The van der Waals surface area contributed by atoms with E-state index in [2.05, 4.69) is 10.1 Å². The van der Waals surface area contributed by atoms with Crippen molar-refractivity contribution in [2.45, 2.75) is 151 Å². The summed E-state index contributed by atoms with van der Waals surface area (Å²) in [4.78, 5) is 64.3. The summed E-state index contributed by atoms with van der Waals surface area (Å²) in [5.74, 6) is 0. The lowest BCUT2D eigenvalue weighted by atomic mass is 9.74. The molecule has 0 aromatic rings. The molecule has 60 heavy (non-hydrogen) atoms. The third-order valence-electron chi connectivity index (χ3n) is 12.4. The maximum Gasteiger partial charge on any atom is 0.410 e. The van der Waals surface area contributed by atoms with E-state index in [0.29, 0.717) is 43.7 Å². The molecule has 4 amide bonds. The quantitative estimate of drug-likeness (QED) is 0.213. The van der Waals surface area contributed by atoms with Crippen LogP contribution in [0.25, 0.3) is 0 Å². The van der Waals surface area contributed by atoms with Crippen LogP contribution >= 0.6 is 11.6 Å². The Kier molecular flexibility index (Phi) is 19.9. The smallest absolute Gasteiger partial charge is 0.410 e. The van der Waals surface area contributed by atoms with Gasteiger partial charge in [0.05, 0.1) is 19.8 Å². The Labute approximate surface area is 365 Å². The van der Waals surface area contributed by atoms with Gasteiger partial charge in [-0.3, -0.25) is 0 Å². The zero-order valence-electron chi connectivity index (χ0n) is 38.4. The Hall–Kier alpha value is -3.20. The lowest BCUT2D eigenvalue weighted by molar-refractivity contribution is 0.0102. The number of ether oxygens (including phenoxy) is 5. The van der Waals surface area contributed by atoms with Gasteiger partial charge in [0.15, 0.2) is 0 Å². The molecule has 5 heterocycles. The summed E-state index contributed by atoms with van der Waals surface area (Å²) in [6.45, 7) is 26.7. The molecule has 6 aliphatic rings. The predicted molar refractivity (Wildman–Crippen MR) is 231 cm³/mol. The highest BCUT2D eigenvalue weighted by atomic mass is 35.5. The molecule has 0 aromatic heterocycles. The molecule has 0 aromatic carbocycles. The molecule has 16 heteroatoms. The first-order valence-electron chi connectivity index (χ1n) is 22.5. The number of hydrogen-bond acceptors (Lipinski definition) is 11. The highest BCUT2D eigenvalue weighted by molar-refractivity contribution is 6.61. The number of nitrogens with zero attached hydrogens (tertiary/aromatic N) is 4. The maximum absolute atomic E-state index is 12.1. The summed E-state index contributed by atoms with van der Waals surface area (Å²) in [5, 5.41) is 3.43. The van der Waals surface area contributed by atoms with Gasteiger partial charge >= 0.3 is 29.8 Å². The molecular weight excluding hydrogens is 794 g/mol. The molecule has 0 atom stereocenters. The minimum absolute atomic E-state index is 0.111. The molecule has 5 saturated heterocycles. The van der Waals surface area contributed by atoms with E-state index < -0.39 is 11.0 Å². The fourth-order valence-electron chi connectivity index (χ4n) is 9.05. The van der Waals surface area contributed by atoms with Gasteiger partial charge in [-0.25, -0.2) is 24.0 Å². The first-order valence-corrected chi connectivity index (χ1v) is 22.9. The third kappa shape index (κ3) is 16.9. The largest absolute Gasteiger partial charge is 0.454 e. The molecule has 1 saturated carbocycles. The number of hydrogen-bond donors (Lipinski definition) is 1. The second-order valence-electron chi connectivity index (χ2n) is 19.3. The Morgan fingerprint density at radius 1 is 0.500 bits per heavy atom. The molecule has 5 aliphatic heterocycles. The van der Waals surface area contributed by atoms with Crippen molar-refractivity contribution in [1.82, 2.24) is 24.9 Å². The van der Waals surface area contributed by atoms with Crippen LogP contribution in [-0.4, -0.2) is 146 Å². The number of carbonyl (C=O) groups is 5. The van der Waals surface area contributed by atoms with Crippen LogP contribution in [0.4, 0.5) is 24.0 Å². The first-order chi connectivity index (χ1) is 28.2. The van der Waals surface area contributed by atoms with Gasteiger partial charge in [0, 0.05) is 70.5 Å². The number of nitrogens with one attached hydrogen (secondary N) is 1. The van der Waals surface area contributed by atoms with Crippen molar-refractivity contribution in [3.63, 3.8) is 0 Å². The summed E-state index contributed by atoms with van der Waals surface area (Å²) in [5.41, 5.74) is -0.534. The van der Waals surface area contributed by atoms with Crippen LogP contribution in [-0.2, 0) is 23.7 Å². The van der Waals surface area contributed by atoms with Gasteiger partial charge in [-0.2, -0.15) is 0 Å². The fourth-order valence-corrected chi connectivity index (χ4v) is 9.15. The van der Waals surface area contributed by atoms with Gasteiger partial charge in [0.25, 0.3) is 0 Å². The fraction of sp³-hybridized carbons (Fsp3) is 0.886. The van der Waals surface area contributed by atoms with E-state index in [1.807, 2.05) is 65.2 Å². The van der Waals surface area contributed by atoms with Crippen LogP contribution in [0.15, 0.2) is 0 Å². The van der Waals surface area contributed by atoms with Gasteiger partial charge in [0.2, 0.25) is 0 Å². The number of piperidine rings is 2. The minimum atomic E-state index is -0.738. The summed E-state index contributed by atoms with van der Waals surface area (Å²) in [7, 11) is 0. The van der Waals surface area contributed by atoms with Gasteiger partial charge in [-0.1, -0.05) is 19.3 Å². The maximum atomic E-state index is 12.1. The molecule has 1 N–H and O–H groups in total. The van der Waals surface area contributed by atoms with Gasteiger partial charge in [-0.15, -0.1) is 0 Å². The van der Waals surface area contributed by atoms with Crippen molar-refractivity contribution >= 4 is 41.4 Å². The van der Waals surface area contributed by atoms with Crippen LogP contribution < -0.4 is 5.32 Å². The second kappa shape index (κ2) is 23.3. The van der Waals surface area contributed by atoms with Gasteiger partial charge in [-0.05, 0) is 143 Å². The third-order valence-corrected chi connectivity index (χ3v) is 12.5. The highest BCUT2D eigenvalue weighted by Gasteiger charge is 2.44. The van der Waals surface area contributed by atoms with Gasteiger partial charge in [0.1, 0.15) is 11.2 Å². The van der Waals surface area contributed by atoms with Crippen LogP contribution in [0.3, 0.4) is 0 Å². The van der Waals surface area contributed by atoms with Gasteiger partial charge < -0.3 is 48.6 Å². The van der Waals surface area contributed by atoms with E-state index in [1.165, 1.54) is 44.9 Å². The van der Waals surface area contributed by atoms with Crippen LogP contribution in [0.5, 0.6) is 0 Å². The van der Waals surface area contributed by atoms with Crippen molar-refractivity contribution in [1.29, 1.82) is 0 Å². The summed E-state index contributed by atoms with van der Waals surface area (Å²) < 4.78 is 25.1. The molecule has 0 bridgehead atoms. The molecular formula is C44H78ClN5O10. The molecule has 15 nitrogen and oxygen atoms in total. The molecule has 3 spiro atoms. The van der Waals surface area contributed by atoms with Crippen molar-refractivity contribution in [2.75, 3.05) is 85.3 Å². The van der Waals surface area contributed by atoms with Crippen molar-refractivity contribution < 1.29 is 47.7 Å². The monoisotopic (exact) mass is 872 g/mol. The zero-order chi connectivity index (χ0) is 44.6. The topological polar surface area (TPSA) is 156 Å². The van der Waals surface area contributed by atoms with Crippen LogP contribution in [0.1, 0.15) is 139 Å². The predicted octanol–water partition coefficient (Wildman–Crippen LogP) is 9.04. The number of likely N-dealkylation sites (tertiary alicyclic amines) is 4. The summed E-state index contributed by atoms with van der Waals surface area (Å²) in [6.07, 6.45) is 13.5. The van der Waals surface area contributed by atoms with E-state index in [1.54, 1.807) is 16.7 Å². The average Bonchev–Trinajstić information content (AvgIpc) is 3.92. The molecule has 346 valence electrons. The molecule has 0 unspecified atom stereocenters.